The van der Waals surface area contributed by atoms with Gasteiger partial charge in [-0.05, 0) is 24.8 Å². The minimum Gasteiger partial charge on any atom is -0.351 e. The van der Waals surface area contributed by atoms with Gasteiger partial charge >= 0.3 is 0 Å². The molecular weight excluding hydrogens is 272 g/mol. The lowest BCUT2D eigenvalue weighted by Crippen LogP contribution is -2.93. The molecule has 0 spiro atoms. The van der Waals surface area contributed by atoms with Crippen LogP contribution in [0.1, 0.15) is 65.6 Å². The maximum Gasteiger partial charge on any atom is 0.277 e. The number of nitrogens with one attached hydrogen (secondary N) is 1. The standard InChI is InChI=1S/C19H32N2O/c1-8-20-18(22)14(4)21-17(13(2)3)15-9-11-16(12-10-15)19(5,6)7/h9-14,17,21H,8H2,1-7H3,(H,20,22)/p+1/t14-,17-/m0/s1. The van der Waals surface area contributed by atoms with Crippen LogP contribution in [0, 0.1) is 5.92 Å². The zero-order chi connectivity index (χ0) is 16.9. The number of rotatable bonds is 6. The van der Waals surface area contributed by atoms with E-state index in [1.807, 2.05) is 13.8 Å². The smallest absolute Gasteiger partial charge is 0.277 e. The summed E-state index contributed by atoms with van der Waals surface area (Å²) < 4.78 is 0. The second kappa shape index (κ2) is 7.77. The summed E-state index contributed by atoms with van der Waals surface area (Å²) in [6, 6.07) is 9.09. The molecular formula is C19H33N2O+. The first-order valence-corrected chi connectivity index (χ1v) is 8.40. The minimum absolute atomic E-state index is 0.0744. The van der Waals surface area contributed by atoms with Gasteiger partial charge in [-0.15, -0.1) is 0 Å². The highest BCUT2D eigenvalue weighted by Gasteiger charge is 2.26. The zero-order valence-corrected chi connectivity index (χ0v) is 15.2. The quantitative estimate of drug-likeness (QED) is 0.834. The number of amides is 1. The molecule has 1 amide bonds. The van der Waals surface area contributed by atoms with Crippen molar-refractivity contribution in [1.29, 1.82) is 0 Å². The molecule has 0 radical (unpaired) electrons. The van der Waals surface area contributed by atoms with E-state index in [1.54, 1.807) is 0 Å². The summed E-state index contributed by atoms with van der Waals surface area (Å²) in [5, 5.41) is 5.08. The van der Waals surface area contributed by atoms with Gasteiger partial charge in [0, 0.05) is 18.0 Å². The molecule has 1 aromatic carbocycles. The number of hydrogen-bond donors (Lipinski definition) is 2. The Morgan fingerprint density at radius 3 is 2.09 bits per heavy atom. The number of nitrogens with two attached hydrogens (primary N) is 1. The molecule has 124 valence electrons. The molecule has 3 heteroatoms. The molecule has 0 fully saturated rings. The lowest BCUT2D eigenvalue weighted by atomic mass is 9.85. The van der Waals surface area contributed by atoms with Gasteiger partial charge < -0.3 is 10.6 Å². The number of carbonyl (C=O) groups is 1. The number of likely N-dealkylation sites (N-methyl/N-ethyl adjacent to an activating group) is 1. The summed E-state index contributed by atoms with van der Waals surface area (Å²) in [5.41, 5.74) is 2.80. The van der Waals surface area contributed by atoms with Crippen LogP contribution in [0.15, 0.2) is 24.3 Å². The van der Waals surface area contributed by atoms with Crippen LogP contribution in [0.3, 0.4) is 0 Å². The van der Waals surface area contributed by atoms with E-state index < -0.39 is 0 Å². The van der Waals surface area contributed by atoms with Crippen molar-refractivity contribution in [3.63, 3.8) is 0 Å². The molecule has 1 aromatic rings. The van der Waals surface area contributed by atoms with Crippen LogP contribution in [0.25, 0.3) is 0 Å². The Bertz CT molecular complexity index is 471. The number of hydrogen-bond acceptors (Lipinski definition) is 1. The van der Waals surface area contributed by atoms with Crippen molar-refractivity contribution >= 4 is 5.91 Å². The third-order valence-electron chi connectivity index (χ3n) is 4.14. The molecule has 0 aliphatic carbocycles. The highest BCUT2D eigenvalue weighted by atomic mass is 16.2. The molecule has 0 heterocycles. The van der Waals surface area contributed by atoms with Crippen LogP contribution in [0.2, 0.25) is 0 Å². The maximum absolute atomic E-state index is 12.0. The van der Waals surface area contributed by atoms with Gasteiger partial charge in [0.1, 0.15) is 6.04 Å². The predicted molar refractivity (Wildman–Crippen MR) is 92.8 cm³/mol. The van der Waals surface area contributed by atoms with Gasteiger partial charge in [0.25, 0.3) is 5.91 Å². The van der Waals surface area contributed by atoms with E-state index in [-0.39, 0.29) is 17.4 Å². The van der Waals surface area contributed by atoms with Gasteiger partial charge in [-0.25, -0.2) is 0 Å². The van der Waals surface area contributed by atoms with Crippen molar-refractivity contribution < 1.29 is 10.1 Å². The van der Waals surface area contributed by atoms with E-state index in [2.05, 4.69) is 69.5 Å². The molecule has 3 nitrogen and oxygen atoms in total. The molecule has 2 atom stereocenters. The molecule has 0 unspecified atom stereocenters. The predicted octanol–water partition coefficient (Wildman–Crippen LogP) is 2.77. The van der Waals surface area contributed by atoms with E-state index in [0.29, 0.717) is 18.5 Å². The lowest BCUT2D eigenvalue weighted by molar-refractivity contribution is -0.719. The molecule has 0 aromatic heterocycles. The Morgan fingerprint density at radius 2 is 1.68 bits per heavy atom. The lowest BCUT2D eigenvalue weighted by Gasteiger charge is -2.24. The van der Waals surface area contributed by atoms with Gasteiger partial charge in [-0.3, -0.25) is 4.79 Å². The number of benzene rings is 1. The normalized spacial score (nSPS) is 14.7. The van der Waals surface area contributed by atoms with E-state index in [1.165, 1.54) is 11.1 Å². The average molecular weight is 305 g/mol. The summed E-state index contributed by atoms with van der Waals surface area (Å²) in [6.45, 7) is 15.7. The van der Waals surface area contributed by atoms with E-state index >= 15 is 0 Å². The second-order valence-electron chi connectivity index (χ2n) is 7.52. The van der Waals surface area contributed by atoms with Crippen LogP contribution < -0.4 is 10.6 Å². The Hall–Kier alpha value is -1.35. The monoisotopic (exact) mass is 305 g/mol. The first-order chi connectivity index (χ1) is 10.2. The van der Waals surface area contributed by atoms with Crippen LogP contribution in [-0.4, -0.2) is 18.5 Å². The van der Waals surface area contributed by atoms with E-state index in [4.69, 9.17) is 0 Å². The average Bonchev–Trinajstić information content (AvgIpc) is 2.43. The summed E-state index contributed by atoms with van der Waals surface area (Å²) in [4.78, 5) is 12.0. The molecule has 0 saturated carbocycles. The van der Waals surface area contributed by atoms with Crippen molar-refractivity contribution in [1.82, 2.24) is 5.32 Å². The Morgan fingerprint density at radius 1 is 1.14 bits per heavy atom. The van der Waals surface area contributed by atoms with Crippen molar-refractivity contribution in [2.24, 2.45) is 5.92 Å². The molecule has 0 saturated heterocycles. The molecule has 0 aliphatic heterocycles. The van der Waals surface area contributed by atoms with Gasteiger partial charge in [-0.2, -0.15) is 0 Å². The molecule has 1 rings (SSSR count). The third-order valence-corrected chi connectivity index (χ3v) is 4.14. The van der Waals surface area contributed by atoms with Crippen molar-refractivity contribution in [3.8, 4) is 0 Å². The van der Waals surface area contributed by atoms with Crippen molar-refractivity contribution in [2.45, 2.75) is 66.0 Å². The number of quaternary nitrogens is 1. The summed E-state index contributed by atoms with van der Waals surface area (Å²) >= 11 is 0. The topological polar surface area (TPSA) is 45.7 Å². The van der Waals surface area contributed by atoms with Gasteiger partial charge in [0.2, 0.25) is 0 Å². The SMILES string of the molecule is CCNC(=O)[C@H](C)[NH2+][C@H](c1ccc(C(C)(C)C)cc1)C(C)C. The van der Waals surface area contributed by atoms with Crippen LogP contribution >= 0.6 is 0 Å². The van der Waals surface area contributed by atoms with Gasteiger partial charge in [-0.1, -0.05) is 58.9 Å². The molecule has 0 bridgehead atoms. The summed E-state index contributed by atoms with van der Waals surface area (Å²) in [7, 11) is 0. The largest absolute Gasteiger partial charge is 0.351 e. The number of carbonyl (C=O) groups excluding carboxylic acids is 1. The first kappa shape index (κ1) is 18.7. The van der Waals surface area contributed by atoms with Gasteiger partial charge in [0.15, 0.2) is 6.04 Å². The fourth-order valence-corrected chi connectivity index (χ4v) is 2.66. The Balaban J connectivity index is 2.90. The van der Waals surface area contributed by atoms with E-state index in [9.17, 15) is 4.79 Å². The fraction of sp³-hybridized carbons (Fsp3) is 0.632. The molecule has 22 heavy (non-hydrogen) atoms. The summed E-state index contributed by atoms with van der Waals surface area (Å²) in [6.07, 6.45) is 0. The first-order valence-electron chi connectivity index (χ1n) is 8.40. The highest BCUT2D eigenvalue weighted by Crippen LogP contribution is 2.25. The Labute approximate surface area is 135 Å². The molecule has 3 N–H and O–H groups in total. The van der Waals surface area contributed by atoms with E-state index in [0.717, 1.165) is 0 Å². The van der Waals surface area contributed by atoms with Gasteiger partial charge in [0.05, 0.1) is 0 Å². The summed E-state index contributed by atoms with van der Waals surface area (Å²) in [5.74, 6) is 0.580. The maximum atomic E-state index is 12.0. The van der Waals surface area contributed by atoms with Crippen LogP contribution in [0.5, 0.6) is 0 Å². The third kappa shape index (κ3) is 5.13. The minimum atomic E-state index is -0.0744. The van der Waals surface area contributed by atoms with Crippen molar-refractivity contribution in [3.05, 3.63) is 35.4 Å². The zero-order valence-electron chi connectivity index (χ0n) is 15.2. The molecule has 0 aliphatic rings. The second-order valence-corrected chi connectivity index (χ2v) is 7.52. The highest BCUT2D eigenvalue weighted by molar-refractivity contribution is 5.79. The van der Waals surface area contributed by atoms with Crippen LogP contribution in [0.4, 0.5) is 0 Å². The fourth-order valence-electron chi connectivity index (χ4n) is 2.66. The van der Waals surface area contributed by atoms with Crippen LogP contribution in [-0.2, 0) is 10.2 Å². The Kier molecular flexibility index (Phi) is 6.61. The van der Waals surface area contributed by atoms with Crippen molar-refractivity contribution in [2.75, 3.05) is 6.54 Å².